The average Bonchev–Trinajstić information content (AvgIpc) is 2.28. The van der Waals surface area contributed by atoms with Gasteiger partial charge in [0.1, 0.15) is 5.82 Å². The Hall–Kier alpha value is -1.37. The number of hydrogen-bond acceptors (Lipinski definition) is 4. The van der Waals surface area contributed by atoms with Crippen LogP contribution in [0.4, 0.5) is 11.4 Å². The molecule has 0 saturated heterocycles. The van der Waals surface area contributed by atoms with Crippen LogP contribution in [0.5, 0.6) is 0 Å². The number of benzene rings is 1. The van der Waals surface area contributed by atoms with E-state index in [0.717, 1.165) is 26.5 Å². The molecule has 0 aliphatic heterocycles. The quantitative estimate of drug-likeness (QED) is 0.666. The van der Waals surface area contributed by atoms with E-state index in [9.17, 15) is 0 Å². The van der Waals surface area contributed by atoms with Crippen LogP contribution in [0, 0.1) is 10.5 Å². The van der Waals surface area contributed by atoms with Crippen LogP contribution in [-0.2, 0) is 6.54 Å². The molecule has 5 heteroatoms. The van der Waals surface area contributed by atoms with Crippen LogP contribution in [0.15, 0.2) is 30.5 Å². The summed E-state index contributed by atoms with van der Waals surface area (Å²) in [5.41, 5.74) is 8.52. The van der Waals surface area contributed by atoms with Gasteiger partial charge in [-0.25, -0.2) is 9.97 Å². The maximum atomic E-state index is 5.70. The van der Waals surface area contributed by atoms with Crippen LogP contribution < -0.4 is 11.1 Å². The van der Waals surface area contributed by atoms with E-state index in [1.165, 1.54) is 0 Å². The Labute approximate surface area is 114 Å². The number of nitrogen functional groups attached to an aromatic ring is 1. The van der Waals surface area contributed by atoms with Crippen LogP contribution in [0.2, 0.25) is 0 Å². The molecule has 2 aromatic rings. The molecule has 0 atom stereocenters. The predicted octanol–water partition coefficient (Wildman–Crippen LogP) is 2.58. The molecular weight excluding hydrogens is 327 g/mol. The summed E-state index contributed by atoms with van der Waals surface area (Å²) in [6.45, 7) is 2.57. The fourth-order valence-corrected chi connectivity index (χ4v) is 2.19. The molecule has 1 heterocycles. The Bertz CT molecular complexity index is 528. The number of anilines is 2. The number of aryl methyl sites for hydroxylation is 1. The van der Waals surface area contributed by atoms with E-state index >= 15 is 0 Å². The molecule has 1 aromatic heterocycles. The summed E-state index contributed by atoms with van der Waals surface area (Å²) >= 11 is 2.26. The van der Waals surface area contributed by atoms with E-state index < -0.39 is 0 Å². The Morgan fingerprint density at radius 1 is 1.35 bits per heavy atom. The van der Waals surface area contributed by atoms with Crippen LogP contribution >= 0.6 is 22.6 Å². The van der Waals surface area contributed by atoms with Crippen molar-refractivity contribution in [2.75, 3.05) is 11.1 Å². The number of rotatable bonds is 3. The molecule has 88 valence electrons. The highest BCUT2D eigenvalue weighted by molar-refractivity contribution is 14.1. The van der Waals surface area contributed by atoms with Gasteiger partial charge in [-0.15, -0.1) is 0 Å². The Morgan fingerprint density at radius 2 is 2.18 bits per heavy atom. The highest BCUT2D eigenvalue weighted by Crippen LogP contribution is 2.21. The molecule has 0 aliphatic rings. The normalized spacial score (nSPS) is 10.2. The van der Waals surface area contributed by atoms with Crippen molar-refractivity contribution >= 4 is 34.0 Å². The van der Waals surface area contributed by atoms with E-state index in [0.29, 0.717) is 6.54 Å². The van der Waals surface area contributed by atoms with Gasteiger partial charge >= 0.3 is 0 Å². The lowest BCUT2D eigenvalue weighted by Crippen LogP contribution is -2.04. The fourth-order valence-electron chi connectivity index (χ4n) is 1.46. The van der Waals surface area contributed by atoms with Gasteiger partial charge < -0.3 is 11.1 Å². The fraction of sp³-hybridized carbons (Fsp3) is 0.167. The third-order valence-corrected chi connectivity index (χ3v) is 3.18. The molecule has 0 amide bonds. The van der Waals surface area contributed by atoms with Gasteiger partial charge in [-0.2, -0.15) is 0 Å². The largest absolute Gasteiger partial charge is 0.399 e. The number of nitrogens with two attached hydrogens (primary N) is 1. The first-order valence-electron chi connectivity index (χ1n) is 5.22. The Balaban J connectivity index is 2.07. The molecule has 0 unspecified atom stereocenters. The van der Waals surface area contributed by atoms with Crippen LogP contribution in [-0.4, -0.2) is 9.97 Å². The van der Waals surface area contributed by atoms with Gasteiger partial charge in [0.25, 0.3) is 0 Å². The summed E-state index contributed by atoms with van der Waals surface area (Å²) in [7, 11) is 0. The van der Waals surface area contributed by atoms with Gasteiger partial charge in [0.2, 0.25) is 0 Å². The minimum Gasteiger partial charge on any atom is -0.399 e. The predicted molar refractivity (Wildman–Crippen MR) is 77.7 cm³/mol. The number of nitrogens with one attached hydrogen (secondary N) is 1. The number of halogens is 1. The van der Waals surface area contributed by atoms with Crippen LogP contribution in [0.3, 0.4) is 0 Å². The Kier molecular flexibility index (Phi) is 3.78. The monoisotopic (exact) mass is 340 g/mol. The average molecular weight is 340 g/mol. The number of aromatic nitrogens is 2. The molecule has 0 saturated carbocycles. The van der Waals surface area contributed by atoms with Crippen molar-refractivity contribution in [1.82, 2.24) is 9.97 Å². The summed E-state index contributed by atoms with van der Waals surface area (Å²) in [5, 5.41) is 3.33. The zero-order valence-corrected chi connectivity index (χ0v) is 11.6. The zero-order valence-electron chi connectivity index (χ0n) is 9.44. The minimum atomic E-state index is 0.684. The standard InChI is InChI=1S/C12H13IN4/c1-8-15-5-4-10(17-8)7-16-12-3-2-9(14)6-11(12)13/h2-6,16H,7,14H2,1H3. The van der Waals surface area contributed by atoms with Gasteiger partial charge in [0.05, 0.1) is 12.2 Å². The lowest BCUT2D eigenvalue weighted by Gasteiger charge is -2.08. The van der Waals surface area contributed by atoms with Crippen LogP contribution in [0.25, 0.3) is 0 Å². The van der Waals surface area contributed by atoms with Crippen molar-refractivity contribution in [1.29, 1.82) is 0 Å². The minimum absolute atomic E-state index is 0.684. The molecule has 0 spiro atoms. The SMILES string of the molecule is Cc1nccc(CNc2ccc(N)cc2I)n1. The van der Waals surface area contributed by atoms with E-state index in [1.54, 1.807) is 6.20 Å². The van der Waals surface area contributed by atoms with Gasteiger partial charge in [0.15, 0.2) is 0 Å². The van der Waals surface area contributed by atoms with E-state index in [4.69, 9.17) is 5.73 Å². The second-order valence-electron chi connectivity index (χ2n) is 3.69. The Morgan fingerprint density at radius 3 is 2.88 bits per heavy atom. The van der Waals surface area contributed by atoms with Crippen molar-refractivity contribution in [3.05, 3.63) is 45.6 Å². The van der Waals surface area contributed by atoms with Gasteiger partial charge in [0, 0.05) is 21.1 Å². The third kappa shape index (κ3) is 3.29. The molecular formula is C12H13IN4. The van der Waals surface area contributed by atoms with Gasteiger partial charge in [-0.05, 0) is 53.8 Å². The summed E-state index contributed by atoms with van der Waals surface area (Å²) in [6, 6.07) is 7.71. The molecule has 2 rings (SSSR count). The smallest absolute Gasteiger partial charge is 0.125 e. The highest BCUT2D eigenvalue weighted by atomic mass is 127. The molecule has 0 aliphatic carbocycles. The topological polar surface area (TPSA) is 63.8 Å². The highest BCUT2D eigenvalue weighted by Gasteiger charge is 2.01. The molecule has 0 bridgehead atoms. The summed E-state index contributed by atoms with van der Waals surface area (Å²) < 4.78 is 1.10. The van der Waals surface area contributed by atoms with Crippen molar-refractivity contribution in [2.24, 2.45) is 0 Å². The first-order valence-corrected chi connectivity index (χ1v) is 6.30. The number of hydrogen-bond donors (Lipinski definition) is 2. The van der Waals surface area contributed by atoms with E-state index in [1.807, 2.05) is 31.2 Å². The van der Waals surface area contributed by atoms with Crippen molar-refractivity contribution in [3.8, 4) is 0 Å². The molecule has 4 nitrogen and oxygen atoms in total. The van der Waals surface area contributed by atoms with Crippen molar-refractivity contribution < 1.29 is 0 Å². The van der Waals surface area contributed by atoms with E-state index in [-0.39, 0.29) is 0 Å². The third-order valence-electron chi connectivity index (χ3n) is 2.29. The molecule has 17 heavy (non-hydrogen) atoms. The van der Waals surface area contributed by atoms with Crippen LogP contribution in [0.1, 0.15) is 11.5 Å². The van der Waals surface area contributed by atoms with E-state index in [2.05, 4.69) is 37.9 Å². The second kappa shape index (κ2) is 5.31. The van der Waals surface area contributed by atoms with Crippen molar-refractivity contribution in [3.63, 3.8) is 0 Å². The first-order chi connectivity index (χ1) is 8.15. The van der Waals surface area contributed by atoms with Crippen molar-refractivity contribution in [2.45, 2.75) is 13.5 Å². The summed E-state index contributed by atoms with van der Waals surface area (Å²) in [4.78, 5) is 8.40. The lowest BCUT2D eigenvalue weighted by atomic mass is 10.3. The first kappa shape index (κ1) is 12.1. The molecule has 3 N–H and O–H groups in total. The van der Waals surface area contributed by atoms with Gasteiger partial charge in [-0.1, -0.05) is 0 Å². The molecule has 0 radical (unpaired) electrons. The van der Waals surface area contributed by atoms with Gasteiger partial charge in [-0.3, -0.25) is 0 Å². The number of nitrogens with zero attached hydrogens (tertiary/aromatic N) is 2. The zero-order chi connectivity index (χ0) is 12.3. The lowest BCUT2D eigenvalue weighted by molar-refractivity contribution is 0.955. The summed E-state index contributed by atoms with van der Waals surface area (Å²) in [5.74, 6) is 0.788. The maximum Gasteiger partial charge on any atom is 0.125 e. The maximum absolute atomic E-state index is 5.70. The summed E-state index contributed by atoms with van der Waals surface area (Å²) in [6.07, 6.45) is 1.77. The molecule has 1 aromatic carbocycles. The molecule has 0 fully saturated rings. The second-order valence-corrected chi connectivity index (χ2v) is 4.85.